The molecule has 5 nitrogen and oxygen atoms in total. The first-order valence-corrected chi connectivity index (χ1v) is 10.1. The van der Waals surface area contributed by atoms with Gasteiger partial charge >= 0.3 is 0 Å². The Morgan fingerprint density at radius 1 is 1.27 bits per heavy atom. The number of aromatic nitrogens is 2. The van der Waals surface area contributed by atoms with Gasteiger partial charge in [0, 0.05) is 17.6 Å². The Morgan fingerprint density at radius 2 is 2.08 bits per heavy atom. The Hall–Kier alpha value is -2.21. The van der Waals surface area contributed by atoms with Crippen LogP contribution < -0.4 is 10.1 Å². The van der Waals surface area contributed by atoms with Gasteiger partial charge in [-0.2, -0.15) is 0 Å². The highest BCUT2D eigenvalue weighted by Gasteiger charge is 2.19. The minimum absolute atomic E-state index is 0.207. The summed E-state index contributed by atoms with van der Waals surface area (Å²) in [6.45, 7) is 2.72. The van der Waals surface area contributed by atoms with Crippen molar-refractivity contribution in [2.45, 2.75) is 51.4 Å². The first-order valence-electron chi connectivity index (χ1n) is 9.30. The van der Waals surface area contributed by atoms with Gasteiger partial charge < -0.3 is 4.74 Å². The number of para-hydroxylation sites is 1. The predicted octanol–water partition coefficient (Wildman–Crippen LogP) is 5.03. The van der Waals surface area contributed by atoms with Crippen LogP contribution in [0, 0.1) is 0 Å². The topological polar surface area (TPSA) is 64.1 Å². The minimum atomic E-state index is -0.207. The standard InChI is InChI=1S/C20H25N3O2S/c1-2-14-25-17-11-7-6-8-15(17)12-13-18(24)21-20-23-22-19(26-20)16-9-4-3-5-10-16/h6-8,11-13,16H,2-5,9-10,14H2,1H3,(H,21,23,24)/b13-12+. The third-order valence-electron chi connectivity index (χ3n) is 4.42. The summed E-state index contributed by atoms with van der Waals surface area (Å²) in [5.74, 6) is 1.08. The van der Waals surface area contributed by atoms with E-state index >= 15 is 0 Å². The maximum absolute atomic E-state index is 12.2. The maximum Gasteiger partial charge on any atom is 0.250 e. The molecule has 1 aromatic heterocycles. The van der Waals surface area contributed by atoms with Crippen molar-refractivity contribution in [1.82, 2.24) is 10.2 Å². The Kier molecular flexibility index (Phi) is 6.77. The first kappa shape index (κ1) is 18.6. The average Bonchev–Trinajstić information content (AvgIpc) is 3.14. The van der Waals surface area contributed by atoms with Gasteiger partial charge in [-0.05, 0) is 31.4 Å². The van der Waals surface area contributed by atoms with Gasteiger partial charge in [-0.25, -0.2) is 0 Å². The summed E-state index contributed by atoms with van der Waals surface area (Å²) in [7, 11) is 0. The van der Waals surface area contributed by atoms with Crippen molar-refractivity contribution in [2.24, 2.45) is 0 Å². The van der Waals surface area contributed by atoms with Crippen LogP contribution in [-0.4, -0.2) is 22.7 Å². The van der Waals surface area contributed by atoms with Gasteiger partial charge in [-0.15, -0.1) is 10.2 Å². The maximum atomic E-state index is 12.2. The fourth-order valence-corrected chi connectivity index (χ4v) is 3.99. The van der Waals surface area contributed by atoms with E-state index in [4.69, 9.17) is 4.74 Å². The average molecular weight is 372 g/mol. The van der Waals surface area contributed by atoms with Crippen LogP contribution in [0.25, 0.3) is 6.08 Å². The van der Waals surface area contributed by atoms with Gasteiger partial charge in [0.25, 0.3) is 0 Å². The molecule has 1 aromatic carbocycles. The molecule has 0 saturated heterocycles. The molecule has 0 unspecified atom stereocenters. The van der Waals surface area contributed by atoms with E-state index in [1.54, 1.807) is 6.08 Å². The third kappa shape index (κ3) is 5.14. The summed E-state index contributed by atoms with van der Waals surface area (Å²) in [6, 6.07) is 7.70. The second kappa shape index (κ2) is 9.48. The van der Waals surface area contributed by atoms with E-state index in [2.05, 4.69) is 22.4 Å². The number of rotatable bonds is 7. The summed E-state index contributed by atoms with van der Waals surface area (Å²) in [6.07, 6.45) is 10.4. The van der Waals surface area contributed by atoms with Crippen LogP contribution in [0.5, 0.6) is 5.75 Å². The summed E-state index contributed by atoms with van der Waals surface area (Å²) in [5, 5.41) is 12.8. The lowest BCUT2D eigenvalue weighted by Crippen LogP contribution is -2.07. The lowest BCUT2D eigenvalue weighted by Gasteiger charge is -2.18. The minimum Gasteiger partial charge on any atom is -0.493 e. The second-order valence-corrected chi connectivity index (χ2v) is 7.50. The van der Waals surface area contributed by atoms with Gasteiger partial charge in [0.2, 0.25) is 11.0 Å². The van der Waals surface area contributed by atoms with Crippen molar-refractivity contribution in [3.63, 3.8) is 0 Å². The van der Waals surface area contributed by atoms with Crippen LogP contribution >= 0.6 is 11.3 Å². The number of benzene rings is 1. The molecule has 1 saturated carbocycles. The molecule has 26 heavy (non-hydrogen) atoms. The van der Waals surface area contributed by atoms with Crippen molar-refractivity contribution in [3.8, 4) is 5.75 Å². The Balaban J connectivity index is 1.59. The van der Waals surface area contributed by atoms with Crippen molar-refractivity contribution >= 4 is 28.5 Å². The molecular weight excluding hydrogens is 346 g/mol. The van der Waals surface area contributed by atoms with E-state index in [0.29, 0.717) is 17.7 Å². The van der Waals surface area contributed by atoms with Gasteiger partial charge in [-0.1, -0.05) is 55.7 Å². The van der Waals surface area contributed by atoms with E-state index in [0.717, 1.165) is 22.7 Å². The summed E-state index contributed by atoms with van der Waals surface area (Å²) in [4.78, 5) is 12.2. The largest absolute Gasteiger partial charge is 0.493 e. The Labute approximate surface area is 158 Å². The van der Waals surface area contributed by atoms with Crippen LogP contribution in [0.15, 0.2) is 30.3 Å². The smallest absolute Gasteiger partial charge is 0.250 e. The van der Waals surface area contributed by atoms with E-state index in [1.807, 2.05) is 24.3 Å². The fraction of sp³-hybridized carbons (Fsp3) is 0.450. The Bertz CT molecular complexity index is 751. The quantitative estimate of drug-likeness (QED) is 0.694. The molecule has 1 aliphatic carbocycles. The van der Waals surface area contributed by atoms with Gasteiger partial charge in [0.1, 0.15) is 10.8 Å². The number of carbonyl (C=O) groups is 1. The number of carbonyl (C=O) groups excluding carboxylic acids is 1. The first-order chi connectivity index (χ1) is 12.8. The highest BCUT2D eigenvalue weighted by atomic mass is 32.1. The molecule has 3 rings (SSSR count). The molecule has 138 valence electrons. The summed E-state index contributed by atoms with van der Waals surface area (Å²) >= 11 is 1.49. The zero-order valence-electron chi connectivity index (χ0n) is 15.1. The molecule has 2 aromatic rings. The number of hydrogen-bond donors (Lipinski definition) is 1. The molecule has 1 fully saturated rings. The highest BCUT2D eigenvalue weighted by Crippen LogP contribution is 2.35. The third-order valence-corrected chi connectivity index (χ3v) is 5.42. The molecule has 0 atom stereocenters. The van der Waals surface area contributed by atoms with Crippen molar-refractivity contribution < 1.29 is 9.53 Å². The molecule has 6 heteroatoms. The van der Waals surface area contributed by atoms with E-state index in [1.165, 1.54) is 49.5 Å². The number of hydrogen-bond acceptors (Lipinski definition) is 5. The van der Waals surface area contributed by atoms with E-state index in [-0.39, 0.29) is 5.91 Å². The molecule has 1 aliphatic rings. The van der Waals surface area contributed by atoms with E-state index in [9.17, 15) is 4.79 Å². The zero-order valence-corrected chi connectivity index (χ0v) is 15.9. The lowest BCUT2D eigenvalue weighted by atomic mass is 9.90. The molecule has 0 radical (unpaired) electrons. The number of nitrogens with one attached hydrogen (secondary N) is 1. The molecule has 1 N–H and O–H groups in total. The van der Waals surface area contributed by atoms with Crippen LogP contribution in [0.4, 0.5) is 5.13 Å². The highest BCUT2D eigenvalue weighted by molar-refractivity contribution is 7.15. The zero-order chi connectivity index (χ0) is 18.2. The lowest BCUT2D eigenvalue weighted by molar-refractivity contribution is -0.111. The van der Waals surface area contributed by atoms with Crippen LogP contribution in [0.3, 0.4) is 0 Å². The Morgan fingerprint density at radius 3 is 2.88 bits per heavy atom. The normalized spacial score (nSPS) is 15.3. The number of anilines is 1. The van der Waals surface area contributed by atoms with Crippen molar-refractivity contribution in [3.05, 3.63) is 40.9 Å². The van der Waals surface area contributed by atoms with Crippen LogP contribution in [-0.2, 0) is 4.79 Å². The van der Waals surface area contributed by atoms with Gasteiger partial charge in [-0.3, -0.25) is 10.1 Å². The summed E-state index contributed by atoms with van der Waals surface area (Å²) < 4.78 is 5.70. The van der Waals surface area contributed by atoms with Gasteiger partial charge in [0.15, 0.2) is 0 Å². The molecule has 1 amide bonds. The molecular formula is C20H25N3O2S. The number of amides is 1. The van der Waals surface area contributed by atoms with Gasteiger partial charge in [0.05, 0.1) is 6.61 Å². The number of ether oxygens (including phenoxy) is 1. The monoisotopic (exact) mass is 371 g/mol. The van der Waals surface area contributed by atoms with Crippen molar-refractivity contribution in [2.75, 3.05) is 11.9 Å². The SMILES string of the molecule is CCCOc1ccccc1/C=C/C(=O)Nc1nnc(C2CCCCC2)s1. The van der Waals surface area contributed by atoms with Crippen LogP contribution in [0.2, 0.25) is 0 Å². The van der Waals surface area contributed by atoms with E-state index < -0.39 is 0 Å². The molecule has 1 heterocycles. The molecule has 0 aliphatic heterocycles. The van der Waals surface area contributed by atoms with Crippen molar-refractivity contribution in [1.29, 1.82) is 0 Å². The molecule has 0 spiro atoms. The number of nitrogens with zero attached hydrogens (tertiary/aromatic N) is 2. The van der Waals surface area contributed by atoms with Crippen LogP contribution in [0.1, 0.15) is 61.9 Å². The predicted molar refractivity (Wildman–Crippen MR) is 106 cm³/mol. The fourth-order valence-electron chi connectivity index (χ4n) is 3.07. The molecule has 0 bridgehead atoms. The second-order valence-electron chi connectivity index (χ2n) is 6.49. The summed E-state index contributed by atoms with van der Waals surface area (Å²) in [5.41, 5.74) is 0.885.